The third-order valence-electron chi connectivity index (χ3n) is 4.01. The van der Waals surface area contributed by atoms with E-state index in [-0.39, 0.29) is 18.4 Å². The van der Waals surface area contributed by atoms with Crippen LogP contribution in [0.15, 0.2) is 0 Å². The number of carbonyl (C=O) groups excluding carboxylic acids is 1. The zero-order chi connectivity index (χ0) is 14.5. The lowest BCUT2D eigenvalue weighted by Crippen LogP contribution is -2.45. The van der Waals surface area contributed by atoms with Crippen LogP contribution in [0.1, 0.15) is 51.4 Å². The molecule has 0 atom stereocenters. The van der Waals surface area contributed by atoms with Gasteiger partial charge in [0.25, 0.3) is 0 Å². The van der Waals surface area contributed by atoms with Gasteiger partial charge in [-0.05, 0) is 25.7 Å². The van der Waals surface area contributed by atoms with E-state index in [1.807, 2.05) is 0 Å². The first-order valence-corrected chi connectivity index (χ1v) is 6.74. The van der Waals surface area contributed by atoms with Crippen molar-refractivity contribution in [2.45, 2.75) is 62.4 Å². The normalized spacial score (nSPS) is 22.1. The average Bonchev–Trinajstić information content (AvgIpc) is 3.00. The highest BCUT2D eigenvalue weighted by Crippen LogP contribution is 2.28. The van der Waals surface area contributed by atoms with Gasteiger partial charge in [-0.1, -0.05) is 25.7 Å². The number of carboxylic acid groups (broad SMARTS) is 1. The highest BCUT2D eigenvalue weighted by molar-refractivity contribution is 5.85. The van der Waals surface area contributed by atoms with Gasteiger partial charge in [-0.15, -0.1) is 12.4 Å². The average molecular weight is 309 g/mol. The van der Waals surface area contributed by atoms with E-state index in [9.17, 15) is 9.59 Å². The molecule has 5 N–H and O–H groups in total. The fourth-order valence-electron chi connectivity index (χ4n) is 2.63. The van der Waals surface area contributed by atoms with Gasteiger partial charge in [0.15, 0.2) is 0 Å². The molecule has 6 nitrogen and oxygen atoms in total. The lowest BCUT2D eigenvalue weighted by molar-refractivity contribution is -0.146. The number of hydrogen-bond donors (Lipinski definition) is 3. The minimum absolute atomic E-state index is 0. The van der Waals surface area contributed by atoms with Crippen molar-refractivity contribution >= 4 is 24.3 Å². The van der Waals surface area contributed by atoms with Crippen LogP contribution < -0.4 is 11.5 Å². The molecule has 2 aliphatic carbocycles. The summed E-state index contributed by atoms with van der Waals surface area (Å²) in [7, 11) is 1.38. The van der Waals surface area contributed by atoms with Crippen molar-refractivity contribution in [1.82, 2.24) is 0 Å². The van der Waals surface area contributed by atoms with E-state index >= 15 is 0 Å². The molecule has 2 saturated carbocycles. The Morgan fingerprint density at radius 2 is 1.30 bits per heavy atom. The molecule has 7 heteroatoms. The summed E-state index contributed by atoms with van der Waals surface area (Å²) in [4.78, 5) is 21.4. The molecule has 118 valence electrons. The third kappa shape index (κ3) is 4.61. The van der Waals surface area contributed by atoms with Gasteiger partial charge in [0.1, 0.15) is 11.1 Å². The second-order valence-electron chi connectivity index (χ2n) is 5.52. The molecule has 0 amide bonds. The zero-order valence-corrected chi connectivity index (χ0v) is 12.7. The molecule has 0 unspecified atom stereocenters. The molecule has 2 fully saturated rings. The second kappa shape index (κ2) is 7.81. The fourth-order valence-corrected chi connectivity index (χ4v) is 2.63. The Hall–Kier alpha value is -0.850. The van der Waals surface area contributed by atoms with Crippen LogP contribution in [0.2, 0.25) is 0 Å². The van der Waals surface area contributed by atoms with E-state index in [2.05, 4.69) is 4.74 Å². The van der Waals surface area contributed by atoms with Gasteiger partial charge in [0.05, 0.1) is 7.11 Å². The highest BCUT2D eigenvalue weighted by Gasteiger charge is 2.38. The molecule has 2 rings (SSSR count). The van der Waals surface area contributed by atoms with Crippen molar-refractivity contribution < 1.29 is 19.4 Å². The Bertz CT molecular complexity index is 337. The van der Waals surface area contributed by atoms with Crippen LogP contribution in [-0.2, 0) is 14.3 Å². The summed E-state index contributed by atoms with van der Waals surface area (Å²) in [6.45, 7) is 0. The molecule has 0 radical (unpaired) electrons. The van der Waals surface area contributed by atoms with Gasteiger partial charge in [-0.25, -0.2) is 0 Å². The van der Waals surface area contributed by atoms with Crippen LogP contribution in [0.3, 0.4) is 0 Å². The number of aliphatic carboxylic acids is 1. The third-order valence-corrected chi connectivity index (χ3v) is 4.01. The maximum Gasteiger partial charge on any atom is 0.325 e. The number of hydrogen-bond acceptors (Lipinski definition) is 5. The largest absolute Gasteiger partial charge is 0.480 e. The standard InChI is InChI=1S/C7H13NO2.C6H11NO2.ClH/c1-10-6(9)7(8)4-2-3-5-7;7-6(5(8)9)3-1-2-4-6;/h2-5,8H2,1H3;1-4,7H2,(H,8,9);1H. The molecule has 0 spiro atoms. The predicted octanol–water partition coefficient (Wildman–Crippen LogP) is 1.20. The van der Waals surface area contributed by atoms with Gasteiger partial charge >= 0.3 is 11.9 Å². The molecule has 0 bridgehead atoms. The number of methoxy groups -OCH3 is 1. The number of nitrogens with two attached hydrogens (primary N) is 2. The Morgan fingerprint density at radius 3 is 1.55 bits per heavy atom. The van der Waals surface area contributed by atoms with Crippen LogP contribution in [0.5, 0.6) is 0 Å². The summed E-state index contributed by atoms with van der Waals surface area (Å²) < 4.78 is 4.57. The van der Waals surface area contributed by atoms with Crippen LogP contribution in [0.4, 0.5) is 0 Å². The van der Waals surface area contributed by atoms with Gasteiger partial charge < -0.3 is 21.3 Å². The first kappa shape index (κ1) is 19.1. The molecule has 20 heavy (non-hydrogen) atoms. The quantitative estimate of drug-likeness (QED) is 0.660. The minimum Gasteiger partial charge on any atom is -0.480 e. The van der Waals surface area contributed by atoms with Crippen molar-refractivity contribution in [2.75, 3.05) is 7.11 Å². The minimum atomic E-state index is -0.889. The van der Waals surface area contributed by atoms with Crippen molar-refractivity contribution in [3.8, 4) is 0 Å². The smallest absolute Gasteiger partial charge is 0.325 e. The number of ether oxygens (including phenoxy) is 1. The molecule has 0 aromatic heterocycles. The van der Waals surface area contributed by atoms with Crippen molar-refractivity contribution in [2.24, 2.45) is 11.5 Å². The molecule has 2 aliphatic rings. The van der Waals surface area contributed by atoms with Crippen molar-refractivity contribution in [3.05, 3.63) is 0 Å². The van der Waals surface area contributed by atoms with Crippen LogP contribution in [-0.4, -0.2) is 35.2 Å². The SMILES string of the molecule is COC(=O)C1(N)CCCC1.Cl.NC1(C(=O)O)CCCC1. The predicted molar refractivity (Wildman–Crippen MR) is 77.7 cm³/mol. The van der Waals surface area contributed by atoms with Crippen LogP contribution in [0, 0.1) is 0 Å². The van der Waals surface area contributed by atoms with Gasteiger partial charge in [-0.3, -0.25) is 9.59 Å². The Balaban J connectivity index is 0.000000345. The molecule has 0 heterocycles. The molecule has 0 saturated heterocycles. The van der Waals surface area contributed by atoms with E-state index in [0.29, 0.717) is 12.8 Å². The Kier molecular flexibility index (Phi) is 7.47. The second-order valence-corrected chi connectivity index (χ2v) is 5.52. The molecular formula is C13H25ClN2O4. The molecule has 0 aliphatic heterocycles. The zero-order valence-electron chi connectivity index (χ0n) is 11.9. The number of rotatable bonds is 2. The first-order valence-electron chi connectivity index (χ1n) is 6.74. The molecular weight excluding hydrogens is 284 g/mol. The number of carbonyl (C=O) groups is 2. The summed E-state index contributed by atoms with van der Waals surface area (Å²) >= 11 is 0. The Labute approximate surface area is 125 Å². The lowest BCUT2D eigenvalue weighted by Gasteiger charge is -2.18. The summed E-state index contributed by atoms with van der Waals surface area (Å²) in [5.74, 6) is -1.11. The van der Waals surface area contributed by atoms with Gasteiger partial charge in [-0.2, -0.15) is 0 Å². The van der Waals surface area contributed by atoms with E-state index in [1.54, 1.807) is 0 Å². The van der Waals surface area contributed by atoms with E-state index < -0.39 is 17.0 Å². The summed E-state index contributed by atoms with van der Waals surface area (Å²) in [5.41, 5.74) is 9.69. The maximum atomic E-state index is 11.0. The monoisotopic (exact) mass is 308 g/mol. The van der Waals surface area contributed by atoms with E-state index in [1.165, 1.54) is 7.11 Å². The number of carboxylic acids is 1. The molecule has 0 aromatic carbocycles. The van der Waals surface area contributed by atoms with Crippen LogP contribution in [0.25, 0.3) is 0 Å². The maximum absolute atomic E-state index is 11.0. The number of esters is 1. The number of halogens is 1. The highest BCUT2D eigenvalue weighted by atomic mass is 35.5. The lowest BCUT2D eigenvalue weighted by atomic mass is 10.0. The van der Waals surface area contributed by atoms with Crippen molar-refractivity contribution in [1.29, 1.82) is 0 Å². The van der Waals surface area contributed by atoms with E-state index in [4.69, 9.17) is 16.6 Å². The summed E-state index contributed by atoms with van der Waals surface area (Å²) in [6.07, 6.45) is 6.85. The van der Waals surface area contributed by atoms with Crippen LogP contribution >= 0.6 is 12.4 Å². The summed E-state index contributed by atoms with van der Waals surface area (Å²) in [6, 6.07) is 0. The topological polar surface area (TPSA) is 116 Å². The van der Waals surface area contributed by atoms with Gasteiger partial charge in [0, 0.05) is 0 Å². The Morgan fingerprint density at radius 1 is 0.950 bits per heavy atom. The first-order chi connectivity index (χ1) is 8.84. The van der Waals surface area contributed by atoms with Gasteiger partial charge in [0.2, 0.25) is 0 Å². The van der Waals surface area contributed by atoms with Crippen molar-refractivity contribution in [3.63, 3.8) is 0 Å². The molecule has 0 aromatic rings. The fraction of sp³-hybridized carbons (Fsp3) is 0.846. The summed E-state index contributed by atoms with van der Waals surface area (Å²) in [5, 5.41) is 8.55. The van der Waals surface area contributed by atoms with E-state index in [0.717, 1.165) is 38.5 Å².